The predicted octanol–water partition coefficient (Wildman–Crippen LogP) is 3.68. The van der Waals surface area contributed by atoms with E-state index in [1.807, 2.05) is 54.9 Å². The summed E-state index contributed by atoms with van der Waals surface area (Å²) >= 11 is 0. The van der Waals surface area contributed by atoms with Gasteiger partial charge >= 0.3 is 0 Å². The summed E-state index contributed by atoms with van der Waals surface area (Å²) in [6.45, 7) is 7.42. The SMILES string of the molecule is CC(=O)NCc1ccc(CN(Cc2ncccc2C)[C@@H](C)c2ccccn2)c(CO)c1. The number of aromatic nitrogens is 2. The van der Waals surface area contributed by atoms with Gasteiger partial charge in [0.2, 0.25) is 5.91 Å². The van der Waals surface area contributed by atoms with Crippen LogP contribution in [0.25, 0.3) is 0 Å². The first kappa shape index (κ1) is 22.6. The Hall–Kier alpha value is -3.09. The molecule has 0 aliphatic rings. The van der Waals surface area contributed by atoms with Crippen molar-refractivity contribution in [3.05, 3.63) is 94.6 Å². The molecule has 2 N–H and O–H groups in total. The second-order valence-corrected chi connectivity index (χ2v) is 7.77. The molecule has 1 amide bonds. The normalized spacial score (nSPS) is 12.0. The summed E-state index contributed by atoms with van der Waals surface area (Å²) in [7, 11) is 0. The summed E-state index contributed by atoms with van der Waals surface area (Å²) in [5, 5.41) is 12.8. The number of rotatable bonds is 9. The maximum atomic E-state index is 11.2. The molecule has 2 heterocycles. The number of carbonyl (C=O) groups is 1. The number of pyridine rings is 2. The Labute approximate surface area is 184 Å². The maximum Gasteiger partial charge on any atom is 0.217 e. The van der Waals surface area contributed by atoms with Gasteiger partial charge in [0, 0.05) is 45.0 Å². The van der Waals surface area contributed by atoms with Gasteiger partial charge in [0.15, 0.2) is 0 Å². The zero-order valence-electron chi connectivity index (χ0n) is 18.4. The first-order chi connectivity index (χ1) is 15.0. The molecule has 162 valence electrons. The lowest BCUT2D eigenvalue weighted by atomic mass is 10.0. The number of carbonyl (C=O) groups excluding carboxylic acids is 1. The van der Waals surface area contributed by atoms with Crippen LogP contribution >= 0.6 is 0 Å². The Morgan fingerprint density at radius 2 is 1.87 bits per heavy atom. The second kappa shape index (κ2) is 10.8. The quantitative estimate of drug-likeness (QED) is 0.554. The topological polar surface area (TPSA) is 78.4 Å². The van der Waals surface area contributed by atoms with E-state index in [1.54, 1.807) is 0 Å². The smallest absolute Gasteiger partial charge is 0.217 e. The second-order valence-electron chi connectivity index (χ2n) is 7.77. The first-order valence-electron chi connectivity index (χ1n) is 10.5. The lowest BCUT2D eigenvalue weighted by molar-refractivity contribution is -0.119. The van der Waals surface area contributed by atoms with Crippen LogP contribution in [0.3, 0.4) is 0 Å². The van der Waals surface area contributed by atoms with Crippen molar-refractivity contribution < 1.29 is 9.90 Å². The van der Waals surface area contributed by atoms with Gasteiger partial charge in [-0.2, -0.15) is 0 Å². The van der Waals surface area contributed by atoms with Crippen LogP contribution in [0.15, 0.2) is 60.9 Å². The van der Waals surface area contributed by atoms with E-state index in [2.05, 4.69) is 40.1 Å². The summed E-state index contributed by atoms with van der Waals surface area (Å²) in [6, 6.07) is 16.0. The molecule has 6 nitrogen and oxygen atoms in total. The third-order valence-electron chi connectivity index (χ3n) is 5.49. The molecule has 0 aliphatic carbocycles. The van der Waals surface area contributed by atoms with Crippen molar-refractivity contribution in [1.29, 1.82) is 0 Å². The summed E-state index contributed by atoms with van der Waals surface area (Å²) in [5.74, 6) is -0.0734. The lowest BCUT2D eigenvalue weighted by Gasteiger charge is -2.30. The molecule has 3 rings (SSSR count). The molecule has 6 heteroatoms. The Kier molecular flexibility index (Phi) is 7.87. The van der Waals surface area contributed by atoms with Gasteiger partial charge in [-0.15, -0.1) is 0 Å². The van der Waals surface area contributed by atoms with Crippen molar-refractivity contribution in [2.45, 2.75) is 53.1 Å². The highest BCUT2D eigenvalue weighted by Crippen LogP contribution is 2.25. The van der Waals surface area contributed by atoms with Crippen LogP contribution in [0.1, 0.15) is 53.5 Å². The number of hydrogen-bond donors (Lipinski definition) is 2. The molecule has 2 aromatic heterocycles. The fourth-order valence-corrected chi connectivity index (χ4v) is 3.55. The van der Waals surface area contributed by atoms with Gasteiger partial charge in [0.25, 0.3) is 0 Å². The molecule has 0 spiro atoms. The maximum absolute atomic E-state index is 11.2. The third-order valence-corrected chi connectivity index (χ3v) is 5.49. The minimum Gasteiger partial charge on any atom is -0.392 e. The molecule has 0 saturated carbocycles. The van der Waals surface area contributed by atoms with E-state index in [0.717, 1.165) is 33.6 Å². The molecule has 1 aromatic carbocycles. The average molecular weight is 419 g/mol. The minimum atomic E-state index is -0.0734. The molecular weight excluding hydrogens is 388 g/mol. The van der Waals surface area contributed by atoms with Gasteiger partial charge in [-0.05, 0) is 54.3 Å². The highest BCUT2D eigenvalue weighted by molar-refractivity contribution is 5.72. The Bertz CT molecular complexity index is 1010. The molecule has 0 radical (unpaired) electrons. The van der Waals surface area contributed by atoms with Gasteiger partial charge < -0.3 is 10.4 Å². The van der Waals surface area contributed by atoms with Gasteiger partial charge in [0.05, 0.1) is 18.0 Å². The fourth-order valence-electron chi connectivity index (χ4n) is 3.55. The van der Waals surface area contributed by atoms with E-state index in [-0.39, 0.29) is 18.6 Å². The summed E-state index contributed by atoms with van der Waals surface area (Å²) in [5.41, 5.74) is 6.04. The average Bonchev–Trinajstić information content (AvgIpc) is 2.79. The van der Waals surface area contributed by atoms with Crippen LogP contribution in [-0.2, 0) is 31.0 Å². The van der Waals surface area contributed by atoms with Gasteiger partial charge in [-0.25, -0.2) is 0 Å². The summed E-state index contributed by atoms with van der Waals surface area (Å²) in [4.78, 5) is 22.7. The third kappa shape index (κ3) is 6.20. The predicted molar refractivity (Wildman–Crippen MR) is 121 cm³/mol. The molecule has 1 atom stereocenters. The standard InChI is InChI=1S/C25H30N4O2/c1-18-7-6-12-27-25(18)16-29(19(2)24-8-4-5-11-26-24)15-22-10-9-21(13-23(22)17-30)14-28-20(3)31/h4-13,19,30H,14-17H2,1-3H3,(H,28,31)/t19-/m0/s1. The lowest BCUT2D eigenvalue weighted by Crippen LogP contribution is -2.28. The van der Waals surface area contributed by atoms with Crippen LogP contribution in [0.4, 0.5) is 0 Å². The number of benzene rings is 1. The van der Waals surface area contributed by atoms with Crippen molar-refractivity contribution >= 4 is 5.91 Å². The zero-order valence-corrected chi connectivity index (χ0v) is 18.4. The number of aryl methyl sites for hydroxylation is 1. The molecule has 3 aromatic rings. The van der Waals surface area contributed by atoms with E-state index >= 15 is 0 Å². The highest BCUT2D eigenvalue weighted by Gasteiger charge is 2.20. The van der Waals surface area contributed by atoms with Gasteiger partial charge in [-0.3, -0.25) is 19.7 Å². The Morgan fingerprint density at radius 1 is 1.06 bits per heavy atom. The van der Waals surface area contributed by atoms with Gasteiger partial charge in [0.1, 0.15) is 0 Å². The van der Waals surface area contributed by atoms with Crippen molar-refractivity contribution in [3.8, 4) is 0 Å². The van der Waals surface area contributed by atoms with Crippen LogP contribution in [0, 0.1) is 6.92 Å². The monoisotopic (exact) mass is 418 g/mol. The van der Waals surface area contributed by atoms with Crippen LogP contribution in [-0.4, -0.2) is 25.9 Å². The van der Waals surface area contributed by atoms with Crippen LogP contribution in [0.5, 0.6) is 0 Å². The molecule has 0 saturated heterocycles. The number of aliphatic hydroxyl groups is 1. The highest BCUT2D eigenvalue weighted by atomic mass is 16.3. The molecule has 0 unspecified atom stereocenters. The molecule has 0 fully saturated rings. The van der Waals surface area contributed by atoms with E-state index < -0.39 is 0 Å². The van der Waals surface area contributed by atoms with E-state index in [4.69, 9.17) is 0 Å². The molecular formula is C25H30N4O2. The minimum absolute atomic E-state index is 0.0579. The molecule has 0 aliphatic heterocycles. The van der Waals surface area contributed by atoms with Crippen molar-refractivity contribution in [3.63, 3.8) is 0 Å². The Balaban J connectivity index is 1.88. The molecule has 0 bridgehead atoms. The fraction of sp³-hybridized carbons (Fsp3) is 0.320. The number of aliphatic hydroxyl groups excluding tert-OH is 1. The molecule has 31 heavy (non-hydrogen) atoms. The van der Waals surface area contributed by atoms with Crippen molar-refractivity contribution in [1.82, 2.24) is 20.2 Å². The first-order valence-corrected chi connectivity index (χ1v) is 10.5. The number of nitrogens with zero attached hydrogens (tertiary/aromatic N) is 3. The number of hydrogen-bond acceptors (Lipinski definition) is 5. The van der Waals surface area contributed by atoms with Crippen molar-refractivity contribution in [2.75, 3.05) is 0 Å². The Morgan fingerprint density at radius 3 is 2.55 bits per heavy atom. The summed E-state index contributed by atoms with van der Waals surface area (Å²) in [6.07, 6.45) is 3.63. The zero-order chi connectivity index (χ0) is 22.2. The van der Waals surface area contributed by atoms with Crippen molar-refractivity contribution in [2.24, 2.45) is 0 Å². The van der Waals surface area contributed by atoms with E-state index in [9.17, 15) is 9.90 Å². The largest absolute Gasteiger partial charge is 0.392 e. The summed E-state index contributed by atoms with van der Waals surface area (Å²) < 4.78 is 0. The van der Waals surface area contributed by atoms with E-state index in [0.29, 0.717) is 19.6 Å². The van der Waals surface area contributed by atoms with Gasteiger partial charge in [-0.1, -0.05) is 30.3 Å². The number of amides is 1. The van der Waals surface area contributed by atoms with Crippen LogP contribution < -0.4 is 5.32 Å². The van der Waals surface area contributed by atoms with E-state index in [1.165, 1.54) is 6.92 Å². The number of nitrogens with one attached hydrogen (secondary N) is 1. The van der Waals surface area contributed by atoms with Crippen LogP contribution in [0.2, 0.25) is 0 Å².